The van der Waals surface area contributed by atoms with Gasteiger partial charge in [0, 0.05) is 50.5 Å². The highest BCUT2D eigenvalue weighted by Crippen LogP contribution is 2.19. The van der Waals surface area contributed by atoms with Crippen molar-refractivity contribution < 1.29 is 4.79 Å². The van der Waals surface area contributed by atoms with Gasteiger partial charge in [-0.15, -0.1) is 0 Å². The van der Waals surface area contributed by atoms with Gasteiger partial charge in [0.1, 0.15) is 5.82 Å². The van der Waals surface area contributed by atoms with Crippen molar-refractivity contribution in [2.45, 2.75) is 32.0 Å². The van der Waals surface area contributed by atoms with Crippen molar-refractivity contribution in [3.8, 4) is 0 Å². The predicted molar refractivity (Wildman–Crippen MR) is 112 cm³/mol. The first-order valence-electron chi connectivity index (χ1n) is 10.1. The Labute approximate surface area is 171 Å². The number of rotatable bonds is 6. The van der Waals surface area contributed by atoms with Crippen molar-refractivity contribution in [3.63, 3.8) is 0 Å². The van der Waals surface area contributed by atoms with Gasteiger partial charge in [-0.25, -0.2) is 4.98 Å². The molecule has 1 saturated heterocycles. The fourth-order valence-electron chi connectivity index (χ4n) is 3.95. The van der Waals surface area contributed by atoms with Gasteiger partial charge in [0.2, 0.25) is 0 Å². The average Bonchev–Trinajstić information content (AvgIpc) is 3.21. The van der Waals surface area contributed by atoms with E-state index in [-0.39, 0.29) is 5.91 Å². The molecule has 1 fully saturated rings. The van der Waals surface area contributed by atoms with E-state index in [0.29, 0.717) is 11.6 Å². The first kappa shape index (κ1) is 19.3. The van der Waals surface area contributed by atoms with E-state index in [4.69, 9.17) is 0 Å². The third kappa shape index (κ3) is 4.71. The molecule has 0 bridgehead atoms. The van der Waals surface area contributed by atoms with Crippen molar-refractivity contribution in [1.29, 1.82) is 0 Å². The van der Waals surface area contributed by atoms with Crippen molar-refractivity contribution in [2.75, 3.05) is 20.1 Å². The summed E-state index contributed by atoms with van der Waals surface area (Å²) in [6, 6.07) is 14.6. The van der Waals surface area contributed by atoms with Crippen LogP contribution in [-0.4, -0.2) is 56.4 Å². The molecule has 0 atom stereocenters. The van der Waals surface area contributed by atoms with Crippen LogP contribution in [0, 0.1) is 0 Å². The summed E-state index contributed by atoms with van der Waals surface area (Å²) in [7, 11) is 2.16. The standard InChI is InChI=1S/C23H27N5O/c1-26(18-22-25-12-15-28(22)17-19-6-3-2-4-7-19)21-9-13-27(14-10-21)23(29)20-8-5-11-24-16-20/h2-8,11-12,15-16,21H,9-10,13-14,17-18H2,1H3. The van der Waals surface area contributed by atoms with Crippen molar-refractivity contribution in [2.24, 2.45) is 0 Å². The van der Waals surface area contributed by atoms with E-state index in [9.17, 15) is 4.79 Å². The van der Waals surface area contributed by atoms with Crippen LogP contribution in [0.1, 0.15) is 34.6 Å². The number of aromatic nitrogens is 3. The lowest BCUT2D eigenvalue weighted by molar-refractivity contribution is 0.0636. The van der Waals surface area contributed by atoms with E-state index in [1.165, 1.54) is 5.56 Å². The summed E-state index contributed by atoms with van der Waals surface area (Å²) in [5, 5.41) is 0. The highest BCUT2D eigenvalue weighted by atomic mass is 16.2. The van der Waals surface area contributed by atoms with Crippen LogP contribution in [0.15, 0.2) is 67.3 Å². The maximum atomic E-state index is 12.6. The number of likely N-dealkylation sites (tertiary alicyclic amines) is 1. The summed E-state index contributed by atoms with van der Waals surface area (Å²) >= 11 is 0. The fourth-order valence-corrected chi connectivity index (χ4v) is 3.95. The largest absolute Gasteiger partial charge is 0.338 e. The Morgan fingerprint density at radius 3 is 2.62 bits per heavy atom. The molecule has 0 spiro atoms. The predicted octanol–water partition coefficient (Wildman–Crippen LogP) is 3.06. The van der Waals surface area contributed by atoms with Crippen molar-refractivity contribution in [3.05, 3.63) is 84.2 Å². The molecule has 2 aromatic heterocycles. The molecule has 29 heavy (non-hydrogen) atoms. The zero-order valence-electron chi connectivity index (χ0n) is 16.8. The number of hydrogen-bond acceptors (Lipinski definition) is 4. The van der Waals surface area contributed by atoms with Gasteiger partial charge in [-0.3, -0.25) is 14.7 Å². The van der Waals surface area contributed by atoms with Gasteiger partial charge in [-0.1, -0.05) is 30.3 Å². The molecule has 6 nitrogen and oxygen atoms in total. The number of hydrogen-bond donors (Lipinski definition) is 0. The van der Waals surface area contributed by atoms with E-state index in [2.05, 4.69) is 50.7 Å². The van der Waals surface area contributed by atoms with Gasteiger partial charge < -0.3 is 9.47 Å². The highest BCUT2D eigenvalue weighted by Gasteiger charge is 2.26. The van der Waals surface area contributed by atoms with Crippen molar-refractivity contribution >= 4 is 5.91 Å². The molecule has 3 aromatic rings. The molecule has 0 unspecified atom stereocenters. The Morgan fingerprint density at radius 2 is 1.90 bits per heavy atom. The molecular formula is C23H27N5O. The minimum Gasteiger partial charge on any atom is -0.338 e. The van der Waals surface area contributed by atoms with E-state index < -0.39 is 0 Å². The highest BCUT2D eigenvalue weighted by molar-refractivity contribution is 5.93. The number of amides is 1. The zero-order valence-corrected chi connectivity index (χ0v) is 16.8. The third-order valence-electron chi connectivity index (χ3n) is 5.67. The van der Waals surface area contributed by atoms with E-state index in [1.54, 1.807) is 12.4 Å². The maximum Gasteiger partial charge on any atom is 0.255 e. The van der Waals surface area contributed by atoms with Crippen LogP contribution in [0.4, 0.5) is 0 Å². The van der Waals surface area contributed by atoms with Crippen LogP contribution < -0.4 is 0 Å². The van der Waals surface area contributed by atoms with Crippen LogP contribution in [0.3, 0.4) is 0 Å². The summed E-state index contributed by atoms with van der Waals surface area (Å²) in [6.45, 7) is 3.20. The Morgan fingerprint density at radius 1 is 1.10 bits per heavy atom. The third-order valence-corrected chi connectivity index (χ3v) is 5.67. The Hall–Kier alpha value is -2.99. The van der Waals surface area contributed by atoms with Crippen LogP contribution in [0.5, 0.6) is 0 Å². The molecule has 1 amide bonds. The smallest absolute Gasteiger partial charge is 0.255 e. The quantitative estimate of drug-likeness (QED) is 0.650. The number of piperidine rings is 1. The normalized spacial score (nSPS) is 15.0. The fraction of sp³-hybridized carbons (Fsp3) is 0.348. The molecule has 150 valence electrons. The minimum atomic E-state index is 0.0811. The summed E-state index contributed by atoms with van der Waals surface area (Å²) in [4.78, 5) is 25.6. The van der Waals surface area contributed by atoms with E-state index in [0.717, 1.165) is 44.8 Å². The Kier molecular flexibility index (Phi) is 6.00. The molecule has 1 aliphatic rings. The zero-order chi connectivity index (χ0) is 20.1. The molecule has 1 aromatic carbocycles. The Balaban J connectivity index is 1.32. The van der Waals surface area contributed by atoms with Gasteiger partial charge in [0.15, 0.2) is 0 Å². The van der Waals surface area contributed by atoms with Crippen LogP contribution in [-0.2, 0) is 13.1 Å². The summed E-state index contributed by atoms with van der Waals surface area (Å²) in [5.41, 5.74) is 1.94. The summed E-state index contributed by atoms with van der Waals surface area (Å²) in [6.07, 6.45) is 9.21. The van der Waals surface area contributed by atoms with Crippen molar-refractivity contribution in [1.82, 2.24) is 24.3 Å². The molecule has 0 N–H and O–H groups in total. The van der Waals surface area contributed by atoms with Crippen LogP contribution in [0.25, 0.3) is 0 Å². The van der Waals surface area contributed by atoms with Gasteiger partial charge in [0.05, 0.1) is 12.1 Å². The molecule has 0 radical (unpaired) electrons. The molecule has 3 heterocycles. The second-order valence-electron chi connectivity index (χ2n) is 7.64. The van der Waals surface area contributed by atoms with Gasteiger partial charge in [-0.2, -0.15) is 0 Å². The molecule has 0 aliphatic carbocycles. The number of nitrogens with zero attached hydrogens (tertiary/aromatic N) is 5. The maximum absolute atomic E-state index is 12.6. The lowest BCUT2D eigenvalue weighted by atomic mass is 10.0. The van der Waals surface area contributed by atoms with Crippen LogP contribution >= 0.6 is 0 Å². The second-order valence-corrected chi connectivity index (χ2v) is 7.64. The van der Waals surface area contributed by atoms with E-state index >= 15 is 0 Å². The van der Waals surface area contributed by atoms with E-state index in [1.807, 2.05) is 35.5 Å². The second kappa shape index (κ2) is 9.01. The summed E-state index contributed by atoms with van der Waals surface area (Å²) < 4.78 is 2.22. The average molecular weight is 390 g/mol. The number of carbonyl (C=O) groups is 1. The lowest BCUT2D eigenvalue weighted by Crippen LogP contribution is -2.45. The van der Waals surface area contributed by atoms with Crippen LogP contribution in [0.2, 0.25) is 0 Å². The first-order chi connectivity index (χ1) is 14.2. The lowest BCUT2D eigenvalue weighted by Gasteiger charge is -2.36. The number of benzene rings is 1. The summed E-state index contributed by atoms with van der Waals surface area (Å²) in [5.74, 6) is 1.16. The van der Waals surface area contributed by atoms with Gasteiger partial charge >= 0.3 is 0 Å². The Bertz CT molecular complexity index is 917. The monoisotopic (exact) mass is 389 g/mol. The first-order valence-corrected chi connectivity index (χ1v) is 10.1. The number of imidazole rings is 1. The number of pyridine rings is 1. The molecule has 4 rings (SSSR count). The molecule has 6 heteroatoms. The topological polar surface area (TPSA) is 54.3 Å². The number of carbonyl (C=O) groups excluding carboxylic acids is 1. The van der Waals surface area contributed by atoms with Gasteiger partial charge in [-0.05, 0) is 37.6 Å². The minimum absolute atomic E-state index is 0.0811. The SMILES string of the molecule is CN(Cc1nccn1Cc1ccccc1)C1CCN(C(=O)c2cccnc2)CC1. The molecule has 0 saturated carbocycles. The molecule has 1 aliphatic heterocycles. The van der Waals surface area contributed by atoms with Gasteiger partial charge in [0.25, 0.3) is 5.91 Å². The molecular weight excluding hydrogens is 362 g/mol.